The predicted molar refractivity (Wildman–Crippen MR) is 84.5 cm³/mol. The van der Waals surface area contributed by atoms with Crippen LogP contribution in [0.15, 0.2) is 36.4 Å². The molecule has 1 saturated carbocycles. The van der Waals surface area contributed by atoms with Gasteiger partial charge in [-0.1, -0.05) is 12.2 Å². The van der Waals surface area contributed by atoms with Crippen LogP contribution in [0, 0.1) is 16.0 Å². The average Bonchev–Trinajstić information content (AvgIpc) is 3.13. The molecule has 1 saturated heterocycles. The molecule has 24 heavy (non-hydrogen) atoms. The van der Waals surface area contributed by atoms with Crippen LogP contribution >= 0.6 is 0 Å². The third-order valence-corrected chi connectivity index (χ3v) is 4.34. The number of nitrogens with zero attached hydrogens (tertiary/aromatic N) is 1. The van der Waals surface area contributed by atoms with Gasteiger partial charge in [0.25, 0.3) is 5.69 Å². The lowest BCUT2D eigenvalue weighted by atomic mass is 10.1. The van der Waals surface area contributed by atoms with Crippen LogP contribution in [0.1, 0.15) is 30.1 Å². The van der Waals surface area contributed by atoms with Gasteiger partial charge in [0.15, 0.2) is 5.79 Å². The third kappa shape index (κ3) is 3.63. The third-order valence-electron chi connectivity index (χ3n) is 4.34. The van der Waals surface area contributed by atoms with Crippen molar-refractivity contribution >= 4 is 11.7 Å². The van der Waals surface area contributed by atoms with E-state index < -0.39 is 16.7 Å². The minimum absolute atomic E-state index is 0.0704. The van der Waals surface area contributed by atoms with Gasteiger partial charge in [-0.25, -0.2) is 4.79 Å². The summed E-state index contributed by atoms with van der Waals surface area (Å²) < 4.78 is 16.8. The van der Waals surface area contributed by atoms with Crippen molar-refractivity contribution in [3.8, 4) is 0 Å². The molecule has 2 atom stereocenters. The van der Waals surface area contributed by atoms with Crippen molar-refractivity contribution in [3.63, 3.8) is 0 Å². The molecular formula is C17H19NO6. The number of carbonyl (C=O) groups excluding carboxylic acids is 1. The van der Waals surface area contributed by atoms with Crippen molar-refractivity contribution in [1.82, 2.24) is 0 Å². The van der Waals surface area contributed by atoms with E-state index >= 15 is 0 Å². The zero-order valence-corrected chi connectivity index (χ0v) is 13.4. The molecule has 3 rings (SSSR count). The maximum Gasteiger partial charge on any atom is 0.338 e. The fourth-order valence-electron chi connectivity index (χ4n) is 2.85. The molecule has 1 heterocycles. The van der Waals surface area contributed by atoms with Crippen molar-refractivity contribution in [2.24, 2.45) is 5.92 Å². The molecule has 128 valence electrons. The van der Waals surface area contributed by atoms with E-state index in [9.17, 15) is 14.9 Å². The van der Waals surface area contributed by atoms with E-state index in [1.54, 1.807) is 0 Å². The summed E-state index contributed by atoms with van der Waals surface area (Å²) in [5.41, 5.74) is 1.24. The predicted octanol–water partition coefficient (Wildman–Crippen LogP) is 2.85. The fourth-order valence-corrected chi connectivity index (χ4v) is 2.85. The first-order chi connectivity index (χ1) is 11.4. The van der Waals surface area contributed by atoms with E-state index in [1.807, 2.05) is 6.92 Å². The largest absolute Gasteiger partial charge is 0.458 e. The standard InChI is InChI=1S/C17H19NO6/c1-11-9-14(11)15(10-17(2)22-7-8-23-17)24-16(19)12-3-5-13(6-4-12)18(20)21/h3-6,14-15H,1,7-10H2,2H3/t14-,15-/m1/s1. The lowest BCUT2D eigenvalue weighted by Gasteiger charge is -2.27. The molecule has 0 amide bonds. The average molecular weight is 333 g/mol. The van der Waals surface area contributed by atoms with Crippen molar-refractivity contribution in [1.29, 1.82) is 0 Å². The second kappa shape index (κ2) is 6.33. The molecule has 2 aliphatic rings. The number of carbonyl (C=O) groups is 1. The van der Waals surface area contributed by atoms with Crippen molar-refractivity contribution < 1.29 is 23.9 Å². The number of hydrogen-bond acceptors (Lipinski definition) is 6. The van der Waals surface area contributed by atoms with E-state index in [-0.39, 0.29) is 23.3 Å². The lowest BCUT2D eigenvalue weighted by Crippen LogP contribution is -2.34. The van der Waals surface area contributed by atoms with Gasteiger partial charge in [0.1, 0.15) is 6.10 Å². The topological polar surface area (TPSA) is 87.9 Å². The Bertz CT molecular complexity index is 662. The van der Waals surface area contributed by atoms with E-state index in [4.69, 9.17) is 14.2 Å². The number of nitro groups is 1. The smallest absolute Gasteiger partial charge is 0.338 e. The molecule has 0 aromatic heterocycles. The van der Waals surface area contributed by atoms with Crippen LogP contribution in [0.4, 0.5) is 5.69 Å². The van der Waals surface area contributed by atoms with Crippen LogP contribution < -0.4 is 0 Å². The second-order valence-corrected chi connectivity index (χ2v) is 6.25. The van der Waals surface area contributed by atoms with Crippen molar-refractivity contribution in [3.05, 3.63) is 52.1 Å². The Balaban J connectivity index is 1.68. The highest BCUT2D eigenvalue weighted by Crippen LogP contribution is 2.44. The molecule has 0 bridgehead atoms. The van der Waals surface area contributed by atoms with Gasteiger partial charge >= 0.3 is 5.97 Å². The quantitative estimate of drug-likeness (QED) is 0.344. The highest BCUT2D eigenvalue weighted by atomic mass is 16.7. The summed E-state index contributed by atoms with van der Waals surface area (Å²) in [5.74, 6) is -1.17. The van der Waals surface area contributed by atoms with Crippen LogP contribution in [0.25, 0.3) is 0 Å². The molecule has 7 nitrogen and oxygen atoms in total. The van der Waals surface area contributed by atoms with E-state index in [0.717, 1.165) is 12.0 Å². The minimum atomic E-state index is -0.761. The van der Waals surface area contributed by atoms with Crippen LogP contribution in [-0.2, 0) is 14.2 Å². The first kappa shape index (κ1) is 16.6. The lowest BCUT2D eigenvalue weighted by molar-refractivity contribution is -0.384. The highest BCUT2D eigenvalue weighted by Gasteiger charge is 2.44. The number of rotatable bonds is 6. The van der Waals surface area contributed by atoms with Gasteiger partial charge < -0.3 is 14.2 Å². The molecule has 0 N–H and O–H groups in total. The Morgan fingerprint density at radius 2 is 2.00 bits per heavy atom. The molecule has 0 radical (unpaired) electrons. The number of nitro benzene ring substituents is 1. The summed E-state index contributed by atoms with van der Waals surface area (Å²) in [6.07, 6.45) is 0.854. The second-order valence-electron chi connectivity index (χ2n) is 6.25. The van der Waals surface area contributed by atoms with Gasteiger partial charge in [-0.15, -0.1) is 0 Å². The Morgan fingerprint density at radius 1 is 1.42 bits per heavy atom. The zero-order valence-electron chi connectivity index (χ0n) is 13.4. The summed E-state index contributed by atoms with van der Waals surface area (Å²) in [7, 11) is 0. The first-order valence-electron chi connectivity index (χ1n) is 7.79. The number of ether oxygens (including phenoxy) is 3. The molecule has 0 unspecified atom stereocenters. The van der Waals surface area contributed by atoms with Crippen molar-refractivity contribution in [2.45, 2.75) is 31.7 Å². The van der Waals surface area contributed by atoms with Crippen LogP contribution in [0.2, 0.25) is 0 Å². The Labute approximate surface area is 139 Å². The molecule has 2 fully saturated rings. The van der Waals surface area contributed by atoms with Gasteiger partial charge in [-0.05, 0) is 25.5 Å². The summed E-state index contributed by atoms with van der Waals surface area (Å²) in [4.78, 5) is 22.5. The summed E-state index contributed by atoms with van der Waals surface area (Å²) in [6.45, 7) is 6.80. The molecule has 1 aliphatic heterocycles. The van der Waals surface area contributed by atoms with Crippen LogP contribution in [-0.4, -0.2) is 36.0 Å². The number of non-ortho nitro benzene ring substituents is 1. The zero-order chi connectivity index (χ0) is 17.3. The SMILES string of the molecule is C=C1C[C@H]1[C@@H](CC1(C)OCCO1)OC(=O)c1ccc([N+](=O)[O-])cc1. The van der Waals surface area contributed by atoms with E-state index in [1.165, 1.54) is 24.3 Å². The molecule has 1 aliphatic carbocycles. The normalized spacial score (nSPS) is 22.9. The molecular weight excluding hydrogens is 314 g/mol. The summed E-state index contributed by atoms with van der Waals surface area (Å²) in [5, 5.41) is 10.7. The van der Waals surface area contributed by atoms with Gasteiger partial charge in [-0.3, -0.25) is 10.1 Å². The Morgan fingerprint density at radius 3 is 2.50 bits per heavy atom. The Hall–Kier alpha value is -2.25. The van der Waals surface area contributed by atoms with Crippen LogP contribution in [0.5, 0.6) is 0 Å². The summed E-state index contributed by atoms with van der Waals surface area (Å²) >= 11 is 0. The van der Waals surface area contributed by atoms with E-state index in [2.05, 4.69) is 6.58 Å². The molecule has 1 aromatic carbocycles. The molecule has 7 heteroatoms. The molecule has 0 spiro atoms. The van der Waals surface area contributed by atoms with Crippen molar-refractivity contribution in [2.75, 3.05) is 13.2 Å². The monoisotopic (exact) mass is 333 g/mol. The number of benzene rings is 1. The number of esters is 1. The van der Waals surface area contributed by atoms with Gasteiger partial charge in [0.05, 0.1) is 23.7 Å². The summed E-state index contributed by atoms with van der Waals surface area (Å²) in [6, 6.07) is 5.35. The maximum absolute atomic E-state index is 12.3. The first-order valence-corrected chi connectivity index (χ1v) is 7.79. The van der Waals surface area contributed by atoms with Gasteiger partial charge in [-0.2, -0.15) is 0 Å². The molecule has 1 aromatic rings. The Kier molecular flexibility index (Phi) is 4.38. The minimum Gasteiger partial charge on any atom is -0.458 e. The number of hydrogen-bond donors (Lipinski definition) is 0. The highest BCUT2D eigenvalue weighted by molar-refractivity contribution is 5.89. The fraction of sp³-hybridized carbons (Fsp3) is 0.471. The van der Waals surface area contributed by atoms with E-state index in [0.29, 0.717) is 19.6 Å². The van der Waals surface area contributed by atoms with Crippen LogP contribution in [0.3, 0.4) is 0 Å². The van der Waals surface area contributed by atoms with Gasteiger partial charge in [0.2, 0.25) is 0 Å². The van der Waals surface area contributed by atoms with Gasteiger partial charge in [0, 0.05) is 24.5 Å². The maximum atomic E-state index is 12.3.